The molecule has 1 fully saturated rings. The Balaban J connectivity index is 2.37. The number of rotatable bonds is 5. The number of azide groups is 1. The highest BCUT2D eigenvalue weighted by Crippen LogP contribution is 2.47. The molecular formula is C16H22N4O. The Morgan fingerprint density at radius 2 is 2.10 bits per heavy atom. The van der Waals surface area contributed by atoms with Crippen molar-refractivity contribution in [3.63, 3.8) is 0 Å². The van der Waals surface area contributed by atoms with E-state index in [1.54, 1.807) is 0 Å². The number of aryl methyl sites for hydroxylation is 1. The maximum Gasteiger partial charge on any atom is 0.233 e. The average molecular weight is 286 g/mol. The number of amides is 1. The van der Waals surface area contributed by atoms with Gasteiger partial charge in [-0.1, -0.05) is 34.9 Å². The highest BCUT2D eigenvalue weighted by molar-refractivity contribution is 5.89. The fourth-order valence-corrected chi connectivity index (χ4v) is 3.19. The lowest BCUT2D eigenvalue weighted by atomic mass is 9.60. The van der Waals surface area contributed by atoms with E-state index in [1.165, 1.54) is 0 Å². The van der Waals surface area contributed by atoms with Crippen LogP contribution in [-0.4, -0.2) is 29.9 Å². The third-order valence-electron chi connectivity index (χ3n) is 4.41. The Kier molecular flexibility index (Phi) is 4.53. The summed E-state index contributed by atoms with van der Waals surface area (Å²) in [7, 11) is 0. The zero-order valence-electron chi connectivity index (χ0n) is 12.9. The summed E-state index contributed by atoms with van der Waals surface area (Å²) in [6.07, 6.45) is 1.21. The monoisotopic (exact) mass is 286 g/mol. The summed E-state index contributed by atoms with van der Waals surface area (Å²) in [5.41, 5.74) is 10.3. The molecule has 1 aromatic carbocycles. The molecule has 1 aliphatic carbocycles. The third-order valence-corrected chi connectivity index (χ3v) is 4.41. The van der Waals surface area contributed by atoms with Crippen molar-refractivity contribution >= 4 is 5.91 Å². The van der Waals surface area contributed by atoms with Crippen LogP contribution in [0.3, 0.4) is 0 Å². The molecule has 5 nitrogen and oxygen atoms in total. The first-order valence-electron chi connectivity index (χ1n) is 7.48. The van der Waals surface area contributed by atoms with Crippen molar-refractivity contribution in [1.29, 1.82) is 0 Å². The van der Waals surface area contributed by atoms with Crippen LogP contribution in [0, 0.1) is 6.92 Å². The Morgan fingerprint density at radius 1 is 1.43 bits per heavy atom. The molecule has 112 valence electrons. The highest BCUT2D eigenvalue weighted by atomic mass is 16.2. The van der Waals surface area contributed by atoms with Crippen molar-refractivity contribution in [2.45, 2.75) is 45.1 Å². The molecule has 0 heterocycles. The molecule has 1 aliphatic rings. The fourth-order valence-electron chi connectivity index (χ4n) is 3.19. The smallest absolute Gasteiger partial charge is 0.233 e. The first-order chi connectivity index (χ1) is 10.1. The van der Waals surface area contributed by atoms with E-state index in [2.05, 4.69) is 16.1 Å². The first kappa shape index (κ1) is 15.4. The number of carbonyl (C=O) groups excluding carboxylic acids is 1. The van der Waals surface area contributed by atoms with Crippen LogP contribution in [0.15, 0.2) is 29.4 Å². The van der Waals surface area contributed by atoms with Crippen LogP contribution in [-0.2, 0) is 10.2 Å². The van der Waals surface area contributed by atoms with Crippen LogP contribution in [0.25, 0.3) is 10.4 Å². The molecule has 0 N–H and O–H groups in total. The largest absolute Gasteiger partial charge is 0.342 e. The maximum absolute atomic E-state index is 13.0. The van der Waals surface area contributed by atoms with Crippen molar-refractivity contribution < 1.29 is 4.79 Å². The van der Waals surface area contributed by atoms with Crippen LogP contribution >= 0.6 is 0 Å². The SMILES string of the molecule is CCN(CC)C(=O)C1(c2cccc(C)c2)CC(N=[N+]=[N-])C1. The van der Waals surface area contributed by atoms with E-state index < -0.39 is 5.41 Å². The third kappa shape index (κ3) is 2.74. The maximum atomic E-state index is 13.0. The first-order valence-corrected chi connectivity index (χ1v) is 7.48. The summed E-state index contributed by atoms with van der Waals surface area (Å²) in [6, 6.07) is 8.04. The van der Waals surface area contributed by atoms with Gasteiger partial charge in [0.15, 0.2) is 0 Å². The highest BCUT2D eigenvalue weighted by Gasteiger charge is 2.52. The summed E-state index contributed by atoms with van der Waals surface area (Å²) in [5, 5.41) is 3.78. The molecule has 0 aliphatic heterocycles. The van der Waals surface area contributed by atoms with Crippen molar-refractivity contribution in [3.05, 3.63) is 45.8 Å². The number of nitrogens with zero attached hydrogens (tertiary/aromatic N) is 4. The van der Waals surface area contributed by atoms with Crippen LogP contribution < -0.4 is 0 Å². The van der Waals surface area contributed by atoms with Gasteiger partial charge in [-0.3, -0.25) is 4.79 Å². The Morgan fingerprint density at radius 3 is 2.62 bits per heavy atom. The van der Waals surface area contributed by atoms with Gasteiger partial charge < -0.3 is 4.90 Å². The summed E-state index contributed by atoms with van der Waals surface area (Å²) >= 11 is 0. The number of hydrogen-bond acceptors (Lipinski definition) is 2. The van der Waals surface area contributed by atoms with Gasteiger partial charge in [0, 0.05) is 24.0 Å². The second-order valence-electron chi connectivity index (χ2n) is 5.70. The van der Waals surface area contributed by atoms with Crippen molar-refractivity contribution in [2.75, 3.05) is 13.1 Å². The molecule has 0 atom stereocenters. The minimum Gasteiger partial charge on any atom is -0.342 e. The van der Waals surface area contributed by atoms with Gasteiger partial charge in [0.05, 0.1) is 5.41 Å². The summed E-state index contributed by atoms with van der Waals surface area (Å²) < 4.78 is 0. The van der Waals surface area contributed by atoms with Crippen molar-refractivity contribution in [2.24, 2.45) is 5.11 Å². The van der Waals surface area contributed by atoms with E-state index in [1.807, 2.05) is 43.9 Å². The van der Waals surface area contributed by atoms with Crippen LogP contribution in [0.4, 0.5) is 0 Å². The molecule has 0 radical (unpaired) electrons. The molecule has 5 heteroatoms. The molecule has 21 heavy (non-hydrogen) atoms. The van der Waals surface area contributed by atoms with Gasteiger partial charge in [0.2, 0.25) is 5.91 Å². The normalized spacial score (nSPS) is 23.9. The van der Waals surface area contributed by atoms with E-state index in [0.29, 0.717) is 25.9 Å². The molecule has 1 saturated carbocycles. The summed E-state index contributed by atoms with van der Waals surface area (Å²) in [5.74, 6) is 0.155. The predicted octanol–water partition coefficient (Wildman–Crippen LogP) is 3.57. The average Bonchev–Trinajstić information content (AvgIpc) is 2.43. The van der Waals surface area contributed by atoms with Gasteiger partial charge in [-0.15, -0.1) is 0 Å². The molecular weight excluding hydrogens is 264 g/mol. The second-order valence-corrected chi connectivity index (χ2v) is 5.70. The van der Waals surface area contributed by atoms with E-state index in [-0.39, 0.29) is 11.9 Å². The number of benzene rings is 1. The van der Waals surface area contributed by atoms with Gasteiger partial charge in [0.1, 0.15) is 0 Å². The Labute approximate surface area is 125 Å². The minimum absolute atomic E-state index is 0.0741. The number of likely N-dealkylation sites (N-methyl/N-ethyl adjacent to an activating group) is 1. The topological polar surface area (TPSA) is 69.1 Å². The molecule has 1 amide bonds. The predicted molar refractivity (Wildman–Crippen MR) is 83.0 cm³/mol. The second kappa shape index (κ2) is 6.19. The Bertz CT molecular complexity index is 567. The standard InChI is InChI=1S/C16H22N4O/c1-4-20(5-2)15(21)16(10-14(11-16)18-19-17)13-8-6-7-12(3)9-13/h6-9,14H,4-5,10-11H2,1-3H3. The van der Waals surface area contributed by atoms with Gasteiger partial charge in [-0.05, 0) is 44.7 Å². The van der Waals surface area contributed by atoms with E-state index >= 15 is 0 Å². The summed E-state index contributed by atoms with van der Waals surface area (Å²) in [4.78, 5) is 17.7. The van der Waals surface area contributed by atoms with Crippen LogP contribution in [0.2, 0.25) is 0 Å². The number of carbonyl (C=O) groups is 1. The molecule has 0 aromatic heterocycles. The van der Waals surface area contributed by atoms with Gasteiger partial charge >= 0.3 is 0 Å². The van der Waals surface area contributed by atoms with Crippen LogP contribution in [0.5, 0.6) is 0 Å². The Hall–Kier alpha value is -2.00. The van der Waals surface area contributed by atoms with Gasteiger partial charge in [0.25, 0.3) is 0 Å². The van der Waals surface area contributed by atoms with E-state index in [9.17, 15) is 4.79 Å². The van der Waals surface area contributed by atoms with E-state index in [4.69, 9.17) is 5.53 Å². The summed E-state index contributed by atoms with van der Waals surface area (Å²) in [6.45, 7) is 7.43. The van der Waals surface area contributed by atoms with Gasteiger partial charge in [-0.2, -0.15) is 0 Å². The van der Waals surface area contributed by atoms with Crippen LogP contribution in [0.1, 0.15) is 37.8 Å². The van der Waals surface area contributed by atoms with E-state index in [0.717, 1.165) is 11.1 Å². The molecule has 0 saturated heterocycles. The van der Waals surface area contributed by atoms with Crippen molar-refractivity contribution in [3.8, 4) is 0 Å². The lowest BCUT2D eigenvalue weighted by molar-refractivity contribution is -0.141. The molecule has 0 spiro atoms. The zero-order valence-corrected chi connectivity index (χ0v) is 12.9. The lowest BCUT2D eigenvalue weighted by Crippen LogP contribution is -2.55. The van der Waals surface area contributed by atoms with Gasteiger partial charge in [-0.25, -0.2) is 0 Å². The number of hydrogen-bond donors (Lipinski definition) is 0. The van der Waals surface area contributed by atoms with Crippen molar-refractivity contribution in [1.82, 2.24) is 4.90 Å². The zero-order chi connectivity index (χ0) is 15.5. The lowest BCUT2D eigenvalue weighted by Gasteiger charge is -2.47. The molecule has 0 unspecified atom stereocenters. The quantitative estimate of drug-likeness (QED) is 0.463. The molecule has 2 rings (SSSR count). The molecule has 1 aromatic rings. The minimum atomic E-state index is -0.517. The molecule has 0 bridgehead atoms. The fraction of sp³-hybridized carbons (Fsp3) is 0.562.